The number of fused-ring (bicyclic) bond motifs is 1. The predicted molar refractivity (Wildman–Crippen MR) is 76.7 cm³/mol. The first-order valence-electron chi connectivity index (χ1n) is 7.04. The van der Waals surface area contributed by atoms with Crippen LogP contribution in [-0.4, -0.2) is 32.2 Å². The summed E-state index contributed by atoms with van der Waals surface area (Å²) in [7, 11) is 0. The van der Waals surface area contributed by atoms with Crippen LogP contribution in [0.3, 0.4) is 0 Å². The number of ether oxygens (including phenoxy) is 1. The minimum Gasteiger partial charge on any atom is -0.384 e. The number of benzene rings is 1. The van der Waals surface area contributed by atoms with E-state index in [-0.39, 0.29) is 5.91 Å². The SMILES string of the molecule is CCCCOCCNC(=O)c1ccc2c(c1)NCC2. The van der Waals surface area contributed by atoms with Crippen molar-refractivity contribution in [3.8, 4) is 0 Å². The number of hydrogen-bond donors (Lipinski definition) is 2. The Morgan fingerprint density at radius 1 is 1.42 bits per heavy atom. The van der Waals surface area contributed by atoms with Crippen LogP contribution >= 0.6 is 0 Å². The molecule has 0 radical (unpaired) electrons. The van der Waals surface area contributed by atoms with Crippen molar-refractivity contribution in [2.24, 2.45) is 0 Å². The van der Waals surface area contributed by atoms with E-state index in [4.69, 9.17) is 4.74 Å². The van der Waals surface area contributed by atoms with Gasteiger partial charge in [-0.05, 0) is 30.5 Å². The van der Waals surface area contributed by atoms with E-state index in [1.165, 1.54) is 5.56 Å². The molecule has 0 aliphatic carbocycles. The Kier molecular flexibility index (Phi) is 5.21. The largest absolute Gasteiger partial charge is 0.384 e. The summed E-state index contributed by atoms with van der Waals surface area (Å²) in [4.78, 5) is 11.9. The molecule has 1 aliphatic rings. The number of anilines is 1. The molecule has 0 unspecified atom stereocenters. The fraction of sp³-hybridized carbons (Fsp3) is 0.533. The van der Waals surface area contributed by atoms with Crippen LogP contribution < -0.4 is 10.6 Å². The second kappa shape index (κ2) is 7.14. The minimum atomic E-state index is -0.0319. The highest BCUT2D eigenvalue weighted by Crippen LogP contribution is 2.22. The molecule has 2 rings (SSSR count). The third-order valence-electron chi connectivity index (χ3n) is 3.26. The molecule has 1 aromatic rings. The highest BCUT2D eigenvalue weighted by molar-refractivity contribution is 5.95. The molecule has 0 spiro atoms. The van der Waals surface area contributed by atoms with Crippen molar-refractivity contribution < 1.29 is 9.53 Å². The van der Waals surface area contributed by atoms with Crippen LogP contribution in [0.2, 0.25) is 0 Å². The molecule has 0 bridgehead atoms. The van der Waals surface area contributed by atoms with Gasteiger partial charge in [-0.3, -0.25) is 4.79 Å². The summed E-state index contributed by atoms with van der Waals surface area (Å²) in [6, 6.07) is 5.84. The van der Waals surface area contributed by atoms with Gasteiger partial charge in [0.05, 0.1) is 6.61 Å². The summed E-state index contributed by atoms with van der Waals surface area (Å²) < 4.78 is 5.41. The first-order chi connectivity index (χ1) is 9.31. The Morgan fingerprint density at radius 2 is 2.32 bits per heavy atom. The van der Waals surface area contributed by atoms with Crippen molar-refractivity contribution in [1.82, 2.24) is 5.32 Å². The van der Waals surface area contributed by atoms with Crippen molar-refractivity contribution in [2.75, 3.05) is 31.6 Å². The molecule has 19 heavy (non-hydrogen) atoms. The quantitative estimate of drug-likeness (QED) is 0.741. The maximum atomic E-state index is 11.9. The Hall–Kier alpha value is -1.55. The lowest BCUT2D eigenvalue weighted by Gasteiger charge is -2.07. The van der Waals surface area contributed by atoms with Gasteiger partial charge in [-0.2, -0.15) is 0 Å². The van der Waals surface area contributed by atoms with Gasteiger partial charge in [0.15, 0.2) is 0 Å². The highest BCUT2D eigenvalue weighted by Gasteiger charge is 2.12. The van der Waals surface area contributed by atoms with Crippen LogP contribution in [-0.2, 0) is 11.2 Å². The summed E-state index contributed by atoms with van der Waals surface area (Å²) >= 11 is 0. The molecular formula is C15H22N2O2. The van der Waals surface area contributed by atoms with E-state index < -0.39 is 0 Å². The zero-order valence-corrected chi connectivity index (χ0v) is 11.5. The highest BCUT2D eigenvalue weighted by atomic mass is 16.5. The molecular weight excluding hydrogens is 240 g/mol. The number of rotatable bonds is 7. The van der Waals surface area contributed by atoms with Gasteiger partial charge in [-0.25, -0.2) is 0 Å². The number of hydrogen-bond acceptors (Lipinski definition) is 3. The predicted octanol–water partition coefficient (Wildman–Crippen LogP) is 2.20. The molecule has 4 heteroatoms. The lowest BCUT2D eigenvalue weighted by molar-refractivity contribution is 0.0913. The van der Waals surface area contributed by atoms with E-state index in [9.17, 15) is 4.79 Å². The Labute approximate surface area is 114 Å². The third kappa shape index (κ3) is 3.96. The smallest absolute Gasteiger partial charge is 0.251 e. The van der Waals surface area contributed by atoms with Crippen molar-refractivity contribution in [2.45, 2.75) is 26.2 Å². The van der Waals surface area contributed by atoms with Gasteiger partial charge in [0, 0.05) is 30.9 Å². The molecule has 0 atom stereocenters. The van der Waals surface area contributed by atoms with Crippen LogP contribution in [0.5, 0.6) is 0 Å². The van der Waals surface area contributed by atoms with Gasteiger partial charge in [0.25, 0.3) is 5.91 Å². The molecule has 0 saturated carbocycles. The minimum absolute atomic E-state index is 0.0319. The lowest BCUT2D eigenvalue weighted by atomic mass is 10.1. The molecule has 0 aromatic heterocycles. The molecule has 2 N–H and O–H groups in total. The van der Waals surface area contributed by atoms with Gasteiger partial charge in [0.2, 0.25) is 0 Å². The second-order valence-electron chi connectivity index (χ2n) is 4.77. The number of carbonyl (C=O) groups is 1. The molecule has 4 nitrogen and oxygen atoms in total. The summed E-state index contributed by atoms with van der Waals surface area (Å²) in [5.74, 6) is -0.0319. The van der Waals surface area contributed by atoms with Crippen LogP contribution in [0.25, 0.3) is 0 Å². The average molecular weight is 262 g/mol. The zero-order chi connectivity index (χ0) is 13.5. The van der Waals surface area contributed by atoms with E-state index in [0.717, 1.165) is 38.1 Å². The molecule has 0 fully saturated rings. The van der Waals surface area contributed by atoms with E-state index in [2.05, 4.69) is 17.6 Å². The second-order valence-corrected chi connectivity index (χ2v) is 4.77. The number of unbranched alkanes of at least 4 members (excludes halogenated alkanes) is 1. The van der Waals surface area contributed by atoms with Crippen molar-refractivity contribution in [1.29, 1.82) is 0 Å². The molecule has 104 valence electrons. The van der Waals surface area contributed by atoms with Crippen LogP contribution in [0.15, 0.2) is 18.2 Å². The lowest BCUT2D eigenvalue weighted by Crippen LogP contribution is -2.27. The fourth-order valence-corrected chi connectivity index (χ4v) is 2.12. The average Bonchev–Trinajstić information content (AvgIpc) is 2.89. The van der Waals surface area contributed by atoms with E-state index in [0.29, 0.717) is 18.7 Å². The van der Waals surface area contributed by atoms with Gasteiger partial charge < -0.3 is 15.4 Å². The zero-order valence-electron chi connectivity index (χ0n) is 11.5. The van der Waals surface area contributed by atoms with Gasteiger partial charge in [-0.1, -0.05) is 19.4 Å². The maximum Gasteiger partial charge on any atom is 0.251 e. The summed E-state index contributed by atoms with van der Waals surface area (Å²) in [5, 5.41) is 6.16. The molecule has 0 saturated heterocycles. The maximum absolute atomic E-state index is 11.9. The Bertz CT molecular complexity index is 432. The van der Waals surface area contributed by atoms with Crippen molar-refractivity contribution in [3.63, 3.8) is 0 Å². The van der Waals surface area contributed by atoms with Crippen LogP contribution in [0, 0.1) is 0 Å². The summed E-state index contributed by atoms with van der Waals surface area (Å²) in [5.41, 5.74) is 3.09. The number of nitrogens with one attached hydrogen (secondary N) is 2. The topological polar surface area (TPSA) is 50.4 Å². The van der Waals surface area contributed by atoms with Crippen molar-refractivity contribution in [3.05, 3.63) is 29.3 Å². The Balaban J connectivity index is 1.74. The van der Waals surface area contributed by atoms with Crippen molar-refractivity contribution >= 4 is 11.6 Å². The van der Waals surface area contributed by atoms with Crippen LogP contribution in [0.4, 0.5) is 5.69 Å². The van der Waals surface area contributed by atoms with Crippen LogP contribution in [0.1, 0.15) is 35.7 Å². The monoisotopic (exact) mass is 262 g/mol. The number of carbonyl (C=O) groups excluding carboxylic acids is 1. The van der Waals surface area contributed by atoms with E-state index in [1.807, 2.05) is 18.2 Å². The molecule has 1 heterocycles. The fourth-order valence-electron chi connectivity index (χ4n) is 2.12. The van der Waals surface area contributed by atoms with Gasteiger partial charge in [0.1, 0.15) is 0 Å². The third-order valence-corrected chi connectivity index (χ3v) is 3.26. The van der Waals surface area contributed by atoms with Gasteiger partial charge >= 0.3 is 0 Å². The first kappa shape index (κ1) is 13.9. The molecule has 1 amide bonds. The standard InChI is InChI=1S/C15H22N2O2/c1-2-3-9-19-10-8-17-15(18)13-5-4-12-6-7-16-14(12)11-13/h4-5,11,16H,2-3,6-10H2,1H3,(H,17,18). The molecule has 1 aromatic carbocycles. The van der Waals surface area contributed by atoms with Gasteiger partial charge in [-0.15, -0.1) is 0 Å². The normalized spacial score (nSPS) is 12.9. The van der Waals surface area contributed by atoms with E-state index >= 15 is 0 Å². The Morgan fingerprint density at radius 3 is 3.16 bits per heavy atom. The number of amides is 1. The van der Waals surface area contributed by atoms with E-state index in [1.54, 1.807) is 0 Å². The molecule has 1 aliphatic heterocycles. The first-order valence-corrected chi connectivity index (χ1v) is 7.04. The summed E-state index contributed by atoms with van der Waals surface area (Å²) in [6.45, 7) is 5.01. The summed E-state index contributed by atoms with van der Waals surface area (Å²) in [6.07, 6.45) is 3.25.